The molecule has 0 bridgehead atoms. The van der Waals surface area contributed by atoms with Crippen LogP contribution in [-0.4, -0.2) is 21.2 Å². The second-order valence-electron chi connectivity index (χ2n) is 6.45. The number of anilines is 1. The fraction of sp³-hybridized carbons (Fsp3) is 0.368. The zero-order chi connectivity index (χ0) is 19.7. The summed E-state index contributed by atoms with van der Waals surface area (Å²) in [5, 5.41) is 15.5. The SMILES string of the molecule is CCn1c(SCC(=O)Nc2sccc2C#N)nc2sc3c(c2c1=O)CCCC3. The number of amides is 1. The Morgan fingerprint density at radius 3 is 3.04 bits per heavy atom. The first-order valence-corrected chi connectivity index (χ1v) is 11.8. The summed E-state index contributed by atoms with van der Waals surface area (Å²) in [7, 11) is 0. The number of carbonyl (C=O) groups excluding carboxylic acids is 1. The van der Waals surface area contributed by atoms with Crippen molar-refractivity contribution in [1.82, 2.24) is 9.55 Å². The zero-order valence-corrected chi connectivity index (χ0v) is 17.7. The number of hydrogen-bond acceptors (Lipinski definition) is 7. The van der Waals surface area contributed by atoms with Crippen LogP contribution in [0.4, 0.5) is 5.00 Å². The van der Waals surface area contributed by atoms with Crippen LogP contribution >= 0.6 is 34.4 Å². The molecule has 0 atom stereocenters. The van der Waals surface area contributed by atoms with Gasteiger partial charge in [-0.05, 0) is 49.6 Å². The van der Waals surface area contributed by atoms with Gasteiger partial charge in [0.15, 0.2) is 5.16 Å². The monoisotopic (exact) mass is 430 g/mol. The van der Waals surface area contributed by atoms with Gasteiger partial charge in [-0.2, -0.15) is 5.26 Å². The molecular weight excluding hydrogens is 412 g/mol. The number of nitrogens with zero attached hydrogens (tertiary/aromatic N) is 3. The van der Waals surface area contributed by atoms with Gasteiger partial charge in [-0.3, -0.25) is 14.2 Å². The lowest BCUT2D eigenvalue weighted by Crippen LogP contribution is -2.24. The highest BCUT2D eigenvalue weighted by atomic mass is 32.2. The largest absolute Gasteiger partial charge is 0.316 e. The van der Waals surface area contributed by atoms with Crippen LogP contribution in [0.1, 0.15) is 35.8 Å². The number of thiophene rings is 2. The molecule has 1 aliphatic carbocycles. The van der Waals surface area contributed by atoms with E-state index >= 15 is 0 Å². The molecule has 0 unspecified atom stereocenters. The van der Waals surface area contributed by atoms with Gasteiger partial charge in [0, 0.05) is 11.4 Å². The molecule has 3 aromatic rings. The summed E-state index contributed by atoms with van der Waals surface area (Å²) < 4.78 is 1.66. The van der Waals surface area contributed by atoms with Gasteiger partial charge >= 0.3 is 0 Å². The summed E-state index contributed by atoms with van der Waals surface area (Å²) in [6.07, 6.45) is 4.26. The molecule has 3 heterocycles. The van der Waals surface area contributed by atoms with E-state index in [2.05, 4.69) is 11.4 Å². The molecule has 0 radical (unpaired) electrons. The number of fused-ring (bicyclic) bond motifs is 3. The third-order valence-electron chi connectivity index (χ3n) is 4.73. The maximum atomic E-state index is 13.1. The first-order valence-electron chi connectivity index (χ1n) is 9.07. The molecule has 4 rings (SSSR count). The minimum Gasteiger partial charge on any atom is -0.316 e. The smallest absolute Gasteiger partial charge is 0.263 e. The number of aromatic nitrogens is 2. The molecule has 0 aliphatic heterocycles. The second-order valence-corrected chi connectivity index (χ2v) is 9.39. The van der Waals surface area contributed by atoms with E-state index in [0.717, 1.165) is 35.9 Å². The number of aryl methyl sites for hydroxylation is 2. The van der Waals surface area contributed by atoms with Gasteiger partial charge in [-0.25, -0.2) is 4.98 Å². The highest BCUT2D eigenvalue weighted by Gasteiger charge is 2.22. The molecule has 144 valence electrons. The van der Waals surface area contributed by atoms with Crippen LogP contribution in [0.2, 0.25) is 0 Å². The van der Waals surface area contributed by atoms with Gasteiger partial charge in [0.1, 0.15) is 15.9 Å². The maximum absolute atomic E-state index is 13.1. The van der Waals surface area contributed by atoms with E-state index in [1.165, 1.54) is 33.5 Å². The fourth-order valence-corrected chi connectivity index (χ4v) is 6.32. The summed E-state index contributed by atoms with van der Waals surface area (Å²) in [6.45, 7) is 2.43. The van der Waals surface area contributed by atoms with E-state index in [1.54, 1.807) is 27.4 Å². The topological polar surface area (TPSA) is 87.8 Å². The minimum absolute atomic E-state index is 0.000156. The normalized spacial score (nSPS) is 13.3. The predicted octanol–water partition coefficient (Wildman–Crippen LogP) is 4.02. The van der Waals surface area contributed by atoms with E-state index in [-0.39, 0.29) is 17.2 Å². The van der Waals surface area contributed by atoms with E-state index in [0.29, 0.717) is 22.3 Å². The molecule has 1 amide bonds. The Hall–Kier alpha value is -2.15. The van der Waals surface area contributed by atoms with E-state index in [9.17, 15) is 9.59 Å². The number of hydrogen-bond donors (Lipinski definition) is 1. The maximum Gasteiger partial charge on any atom is 0.263 e. The van der Waals surface area contributed by atoms with Gasteiger partial charge in [0.05, 0.1) is 16.7 Å². The first kappa shape index (κ1) is 19.2. The zero-order valence-electron chi connectivity index (χ0n) is 15.3. The Kier molecular flexibility index (Phi) is 5.53. The average molecular weight is 431 g/mol. The molecule has 0 fully saturated rings. The number of carbonyl (C=O) groups is 1. The lowest BCUT2D eigenvalue weighted by Gasteiger charge is -2.12. The standard InChI is InChI=1S/C19H18N4O2S3/c1-2-23-18(25)15-12-5-3-4-6-13(12)28-17(15)22-19(23)27-10-14(24)21-16-11(9-20)7-8-26-16/h7-8H,2-6,10H2,1H3,(H,21,24). The van der Waals surface area contributed by atoms with Crippen LogP contribution in [-0.2, 0) is 24.2 Å². The third-order valence-corrected chi connectivity index (χ3v) is 7.72. The van der Waals surface area contributed by atoms with Crippen molar-refractivity contribution < 1.29 is 4.79 Å². The fourth-order valence-electron chi connectivity index (χ4n) is 3.40. The van der Waals surface area contributed by atoms with Crippen molar-refractivity contribution in [2.75, 3.05) is 11.1 Å². The predicted molar refractivity (Wildman–Crippen MR) is 115 cm³/mol. The van der Waals surface area contributed by atoms with Crippen molar-refractivity contribution in [3.05, 3.63) is 37.8 Å². The summed E-state index contributed by atoms with van der Waals surface area (Å²) in [6, 6.07) is 3.73. The Labute approximate surface area is 174 Å². The van der Waals surface area contributed by atoms with E-state index in [4.69, 9.17) is 10.2 Å². The molecular formula is C19H18N4O2S3. The Bertz CT molecular complexity index is 1150. The molecule has 28 heavy (non-hydrogen) atoms. The minimum atomic E-state index is -0.216. The van der Waals surface area contributed by atoms with Crippen molar-refractivity contribution in [1.29, 1.82) is 5.26 Å². The summed E-state index contributed by atoms with van der Waals surface area (Å²) in [4.78, 5) is 32.2. The Morgan fingerprint density at radius 2 is 2.25 bits per heavy atom. The van der Waals surface area contributed by atoms with Crippen LogP contribution in [0.5, 0.6) is 0 Å². The molecule has 0 saturated carbocycles. The molecule has 0 saturated heterocycles. The van der Waals surface area contributed by atoms with Crippen molar-refractivity contribution in [2.45, 2.75) is 44.3 Å². The molecule has 0 spiro atoms. The number of nitriles is 1. The number of rotatable bonds is 5. The van der Waals surface area contributed by atoms with Crippen LogP contribution in [0.15, 0.2) is 21.4 Å². The second kappa shape index (κ2) is 8.07. The van der Waals surface area contributed by atoms with Crippen LogP contribution < -0.4 is 10.9 Å². The summed E-state index contributed by atoms with van der Waals surface area (Å²) in [5.74, 6) is -0.0855. The molecule has 9 heteroatoms. The lowest BCUT2D eigenvalue weighted by atomic mass is 9.97. The first-order chi connectivity index (χ1) is 13.6. The molecule has 1 aliphatic rings. The van der Waals surface area contributed by atoms with Gasteiger partial charge in [-0.15, -0.1) is 22.7 Å². The molecule has 1 N–H and O–H groups in total. The van der Waals surface area contributed by atoms with Gasteiger partial charge in [0.2, 0.25) is 5.91 Å². The quantitative estimate of drug-likeness (QED) is 0.488. The van der Waals surface area contributed by atoms with Gasteiger partial charge in [0.25, 0.3) is 5.56 Å². The summed E-state index contributed by atoms with van der Waals surface area (Å²) in [5.41, 5.74) is 1.64. The number of thioether (sulfide) groups is 1. The molecule has 3 aromatic heterocycles. The number of nitrogens with one attached hydrogen (secondary N) is 1. The van der Waals surface area contributed by atoms with Crippen molar-refractivity contribution in [3.63, 3.8) is 0 Å². The van der Waals surface area contributed by atoms with Gasteiger partial charge in [-0.1, -0.05) is 11.8 Å². The van der Waals surface area contributed by atoms with Crippen LogP contribution in [0.3, 0.4) is 0 Å². The Morgan fingerprint density at radius 1 is 1.43 bits per heavy atom. The highest BCUT2D eigenvalue weighted by Crippen LogP contribution is 2.34. The lowest BCUT2D eigenvalue weighted by molar-refractivity contribution is -0.113. The van der Waals surface area contributed by atoms with E-state index in [1.807, 2.05) is 6.92 Å². The van der Waals surface area contributed by atoms with Crippen molar-refractivity contribution >= 4 is 55.6 Å². The molecule has 6 nitrogen and oxygen atoms in total. The van der Waals surface area contributed by atoms with Gasteiger partial charge < -0.3 is 5.32 Å². The third kappa shape index (κ3) is 3.48. The Balaban J connectivity index is 1.59. The van der Waals surface area contributed by atoms with Crippen molar-refractivity contribution in [2.24, 2.45) is 0 Å². The highest BCUT2D eigenvalue weighted by molar-refractivity contribution is 7.99. The average Bonchev–Trinajstić information content (AvgIpc) is 3.30. The van der Waals surface area contributed by atoms with E-state index < -0.39 is 0 Å². The summed E-state index contributed by atoms with van der Waals surface area (Å²) >= 11 is 4.19. The van der Waals surface area contributed by atoms with Crippen molar-refractivity contribution in [3.8, 4) is 6.07 Å². The molecule has 0 aromatic carbocycles. The van der Waals surface area contributed by atoms with Crippen LogP contribution in [0.25, 0.3) is 10.2 Å². The van der Waals surface area contributed by atoms with Crippen LogP contribution in [0, 0.1) is 11.3 Å².